The van der Waals surface area contributed by atoms with Crippen molar-refractivity contribution in [2.75, 3.05) is 18.5 Å². The second-order valence-electron chi connectivity index (χ2n) is 5.16. The minimum atomic E-state index is -0.981. The molecular weight excluding hydrogens is 274 g/mol. The highest BCUT2D eigenvalue weighted by atomic mass is 16.6. The average Bonchev–Trinajstić information content (AvgIpc) is 2.48. The van der Waals surface area contributed by atoms with E-state index in [4.69, 9.17) is 9.47 Å². The first-order valence-corrected chi connectivity index (χ1v) is 6.51. The van der Waals surface area contributed by atoms with Crippen LogP contribution < -0.4 is 5.32 Å². The lowest BCUT2D eigenvalue weighted by Gasteiger charge is -2.20. The number of ether oxygens (including phenoxy) is 2. The Kier molecular flexibility index (Phi) is 4.16. The molecule has 1 aromatic rings. The van der Waals surface area contributed by atoms with Gasteiger partial charge >= 0.3 is 5.97 Å². The first kappa shape index (κ1) is 14.9. The van der Waals surface area contributed by atoms with E-state index in [0.717, 1.165) is 0 Å². The Balaban J connectivity index is 2.07. The van der Waals surface area contributed by atoms with E-state index in [9.17, 15) is 14.7 Å². The van der Waals surface area contributed by atoms with Crippen LogP contribution in [0.3, 0.4) is 0 Å². The lowest BCUT2D eigenvalue weighted by molar-refractivity contribution is -0.142. The zero-order chi connectivity index (χ0) is 15.5. The second-order valence-corrected chi connectivity index (χ2v) is 5.16. The Morgan fingerprint density at radius 3 is 2.38 bits per heavy atom. The number of rotatable bonds is 4. The summed E-state index contributed by atoms with van der Waals surface area (Å²) < 4.78 is 10.2. The molecule has 0 aliphatic carbocycles. The smallest absolute Gasteiger partial charge is 0.313 e. The van der Waals surface area contributed by atoms with Crippen molar-refractivity contribution in [2.24, 2.45) is 0 Å². The number of hydrogen-bond acceptors (Lipinski definition) is 4. The lowest BCUT2D eigenvalue weighted by Crippen LogP contribution is -2.28. The average molecular weight is 291 g/mol. The summed E-state index contributed by atoms with van der Waals surface area (Å²) in [4.78, 5) is 23.1. The van der Waals surface area contributed by atoms with Gasteiger partial charge in [-0.1, -0.05) is 12.1 Å². The number of carboxylic acid groups (broad SMARTS) is 1. The third kappa shape index (κ3) is 3.34. The number of carbonyl (C=O) groups excluding carboxylic acids is 1. The molecule has 0 radical (unpaired) electrons. The van der Waals surface area contributed by atoms with Gasteiger partial charge in [0, 0.05) is 5.69 Å². The molecule has 1 aliphatic rings. The molecule has 112 valence electrons. The summed E-state index contributed by atoms with van der Waals surface area (Å²) in [5.41, 5.74) is 0.232. The fourth-order valence-corrected chi connectivity index (χ4v) is 1.77. The quantitative estimate of drug-likeness (QED) is 0.884. The summed E-state index contributed by atoms with van der Waals surface area (Å²) in [6, 6.07) is 6.66. The Hall–Kier alpha value is -2.50. The molecule has 1 aliphatic heterocycles. The van der Waals surface area contributed by atoms with Gasteiger partial charge in [-0.2, -0.15) is 0 Å². The topological polar surface area (TPSA) is 84.9 Å². The van der Waals surface area contributed by atoms with Crippen molar-refractivity contribution in [1.82, 2.24) is 0 Å². The van der Waals surface area contributed by atoms with Crippen LogP contribution in [0.2, 0.25) is 0 Å². The maximum atomic E-state index is 11.9. The maximum Gasteiger partial charge on any atom is 0.313 e. The van der Waals surface area contributed by atoms with Gasteiger partial charge in [-0.3, -0.25) is 9.59 Å². The predicted octanol–water partition coefficient (Wildman–Crippen LogP) is 1.88. The second kappa shape index (κ2) is 5.87. The van der Waals surface area contributed by atoms with Crippen molar-refractivity contribution in [3.05, 3.63) is 41.9 Å². The summed E-state index contributed by atoms with van der Waals surface area (Å²) in [6.07, 6.45) is 1.28. The fraction of sp³-hybridized carbons (Fsp3) is 0.333. The molecule has 1 aromatic carbocycles. The number of carboxylic acids is 1. The van der Waals surface area contributed by atoms with E-state index in [1.165, 1.54) is 6.26 Å². The Bertz CT molecular complexity index is 574. The summed E-state index contributed by atoms with van der Waals surface area (Å²) in [6.45, 7) is 4.02. The van der Waals surface area contributed by atoms with Crippen molar-refractivity contribution < 1.29 is 24.2 Å². The van der Waals surface area contributed by atoms with E-state index in [1.807, 2.05) is 0 Å². The molecule has 1 heterocycles. The van der Waals surface area contributed by atoms with E-state index in [0.29, 0.717) is 24.5 Å². The molecule has 0 unspecified atom stereocenters. The highest BCUT2D eigenvalue weighted by molar-refractivity contribution is 6.02. The molecule has 6 nitrogen and oxygen atoms in total. The highest BCUT2D eigenvalue weighted by Gasteiger charge is 2.29. The molecular formula is C15H17NO5. The molecule has 1 amide bonds. The van der Waals surface area contributed by atoms with Crippen LogP contribution >= 0.6 is 0 Å². The fourth-order valence-electron chi connectivity index (χ4n) is 1.77. The number of anilines is 1. The number of carbonyl (C=O) groups is 2. The third-order valence-electron chi connectivity index (χ3n) is 3.27. The van der Waals surface area contributed by atoms with Crippen LogP contribution in [0.25, 0.3) is 0 Å². The summed E-state index contributed by atoms with van der Waals surface area (Å²) in [5.74, 6) is -1.19. The molecule has 0 atom stereocenters. The molecule has 21 heavy (non-hydrogen) atoms. The predicted molar refractivity (Wildman–Crippen MR) is 75.7 cm³/mol. The van der Waals surface area contributed by atoms with Crippen molar-refractivity contribution in [1.29, 1.82) is 0 Å². The molecule has 2 rings (SSSR count). The lowest BCUT2D eigenvalue weighted by atomic mass is 9.85. The maximum absolute atomic E-state index is 11.9. The van der Waals surface area contributed by atoms with Gasteiger partial charge in [0.1, 0.15) is 19.5 Å². The summed E-state index contributed by atoms with van der Waals surface area (Å²) in [5, 5.41) is 11.8. The monoisotopic (exact) mass is 291 g/mol. The molecule has 2 N–H and O–H groups in total. The van der Waals surface area contributed by atoms with Crippen LogP contribution in [0.1, 0.15) is 19.4 Å². The molecule has 0 saturated heterocycles. The zero-order valence-corrected chi connectivity index (χ0v) is 11.9. The van der Waals surface area contributed by atoms with Crippen LogP contribution in [0, 0.1) is 0 Å². The van der Waals surface area contributed by atoms with Gasteiger partial charge in [0.25, 0.3) is 5.91 Å². The first-order valence-electron chi connectivity index (χ1n) is 6.51. The Morgan fingerprint density at radius 2 is 1.86 bits per heavy atom. The van der Waals surface area contributed by atoms with Crippen molar-refractivity contribution in [3.63, 3.8) is 0 Å². The van der Waals surface area contributed by atoms with Gasteiger partial charge in [-0.25, -0.2) is 0 Å². The van der Waals surface area contributed by atoms with E-state index in [1.54, 1.807) is 38.1 Å². The van der Waals surface area contributed by atoms with Gasteiger partial charge in [0.15, 0.2) is 0 Å². The standard InChI is InChI=1S/C15H17NO5/c1-15(2,14(18)19)10-3-5-11(6-4-10)16-13(17)12-9-20-7-8-21-12/h3-6,9H,7-8H2,1-2H3,(H,16,17)(H,18,19). The van der Waals surface area contributed by atoms with Gasteiger partial charge < -0.3 is 19.9 Å². The van der Waals surface area contributed by atoms with Crippen molar-refractivity contribution in [2.45, 2.75) is 19.3 Å². The SMILES string of the molecule is CC(C)(C(=O)O)c1ccc(NC(=O)C2=COCCO2)cc1. The molecule has 0 saturated carbocycles. The van der Waals surface area contributed by atoms with Crippen LogP contribution in [0.4, 0.5) is 5.69 Å². The van der Waals surface area contributed by atoms with E-state index in [2.05, 4.69) is 5.32 Å². The van der Waals surface area contributed by atoms with Gasteiger partial charge in [0.2, 0.25) is 5.76 Å². The van der Waals surface area contributed by atoms with Crippen LogP contribution in [-0.4, -0.2) is 30.2 Å². The molecule has 6 heteroatoms. The van der Waals surface area contributed by atoms with Crippen LogP contribution in [0.5, 0.6) is 0 Å². The van der Waals surface area contributed by atoms with Crippen molar-refractivity contribution >= 4 is 17.6 Å². The first-order chi connectivity index (χ1) is 9.91. The zero-order valence-electron chi connectivity index (χ0n) is 11.9. The third-order valence-corrected chi connectivity index (χ3v) is 3.27. The van der Waals surface area contributed by atoms with E-state index >= 15 is 0 Å². The van der Waals surface area contributed by atoms with Gasteiger partial charge in [-0.05, 0) is 31.5 Å². The normalized spacial score (nSPS) is 14.5. The Labute approximate surface area is 122 Å². The summed E-state index contributed by atoms with van der Waals surface area (Å²) in [7, 11) is 0. The molecule has 0 fully saturated rings. The van der Waals surface area contributed by atoms with E-state index < -0.39 is 17.3 Å². The van der Waals surface area contributed by atoms with E-state index in [-0.39, 0.29) is 5.76 Å². The molecule has 0 spiro atoms. The summed E-state index contributed by atoms with van der Waals surface area (Å²) >= 11 is 0. The van der Waals surface area contributed by atoms with Crippen LogP contribution in [-0.2, 0) is 24.5 Å². The number of benzene rings is 1. The minimum absolute atomic E-state index is 0.121. The highest BCUT2D eigenvalue weighted by Crippen LogP contribution is 2.25. The number of aliphatic carboxylic acids is 1. The minimum Gasteiger partial charge on any atom is -0.494 e. The number of amides is 1. The molecule has 0 aromatic heterocycles. The largest absolute Gasteiger partial charge is 0.494 e. The number of nitrogens with one attached hydrogen (secondary N) is 1. The number of hydrogen-bond donors (Lipinski definition) is 2. The van der Waals surface area contributed by atoms with Crippen molar-refractivity contribution in [3.8, 4) is 0 Å². The Morgan fingerprint density at radius 1 is 1.19 bits per heavy atom. The van der Waals surface area contributed by atoms with Gasteiger partial charge in [-0.15, -0.1) is 0 Å². The molecule has 0 bridgehead atoms. The van der Waals surface area contributed by atoms with Crippen LogP contribution in [0.15, 0.2) is 36.3 Å². The van der Waals surface area contributed by atoms with Gasteiger partial charge in [0.05, 0.1) is 5.41 Å².